The molecule has 0 unspecified atom stereocenters. The van der Waals surface area contributed by atoms with Gasteiger partial charge in [0.05, 0.1) is 0 Å². The van der Waals surface area contributed by atoms with E-state index in [1.807, 2.05) is 0 Å². The van der Waals surface area contributed by atoms with Gasteiger partial charge in [-0.2, -0.15) is 0 Å². The average Bonchev–Trinajstić information content (AvgIpc) is 2.16. The summed E-state index contributed by atoms with van der Waals surface area (Å²) >= 11 is 8.21. The molecule has 1 rings (SSSR count). The maximum atomic E-state index is 12.5. The Morgan fingerprint density at radius 2 is 2.29 bits per heavy atom. The van der Waals surface area contributed by atoms with Gasteiger partial charge in [-0.1, -0.05) is 15.9 Å². The van der Waals surface area contributed by atoms with Crippen LogP contribution in [0.2, 0.25) is 0 Å². The molecular weight excluding hydrogens is 279 g/mol. The second-order valence-corrected chi connectivity index (χ2v) is 3.34. The van der Waals surface area contributed by atoms with E-state index in [2.05, 4.69) is 20.9 Å². The summed E-state index contributed by atoms with van der Waals surface area (Å²) in [5, 5.41) is -0.712. The van der Waals surface area contributed by atoms with Crippen molar-refractivity contribution in [1.82, 2.24) is 4.98 Å². The van der Waals surface area contributed by atoms with Crippen molar-refractivity contribution in [2.45, 2.75) is 11.8 Å². The number of aromatic nitrogens is 1. The lowest BCUT2D eigenvalue weighted by Crippen LogP contribution is -2.04. The minimum absolute atomic E-state index is 0.119. The predicted octanol–water partition coefficient (Wildman–Crippen LogP) is 3.29. The number of alkyl halides is 3. The number of nitrogens with zero attached hydrogens (tertiary/aromatic N) is 1. The van der Waals surface area contributed by atoms with Gasteiger partial charge in [-0.15, -0.1) is 0 Å². The van der Waals surface area contributed by atoms with E-state index in [4.69, 9.17) is 11.6 Å². The number of hydrogen-bond acceptors (Lipinski definition) is 2. The van der Waals surface area contributed by atoms with Crippen molar-refractivity contribution in [1.29, 1.82) is 0 Å². The molecule has 1 aromatic heterocycles. The molecule has 0 atom stereocenters. The van der Waals surface area contributed by atoms with E-state index in [1.165, 1.54) is 6.07 Å². The molecule has 0 aliphatic heterocycles. The van der Waals surface area contributed by atoms with E-state index < -0.39 is 11.7 Å². The van der Waals surface area contributed by atoms with E-state index in [-0.39, 0.29) is 22.2 Å². The van der Waals surface area contributed by atoms with Crippen LogP contribution in [-0.4, -0.2) is 10.2 Å². The Morgan fingerprint density at radius 3 is 2.71 bits per heavy atom. The van der Waals surface area contributed by atoms with Crippen LogP contribution in [-0.2, 0) is 5.33 Å². The summed E-state index contributed by atoms with van der Waals surface area (Å²) < 4.78 is 24.9. The summed E-state index contributed by atoms with van der Waals surface area (Å²) in [6.45, 7) is 0. The molecule has 0 aromatic carbocycles. The van der Waals surface area contributed by atoms with Crippen molar-refractivity contribution in [3.05, 3.63) is 29.1 Å². The topological polar surface area (TPSA) is 30.0 Å². The van der Waals surface area contributed by atoms with Gasteiger partial charge < -0.3 is 0 Å². The number of carbonyl (C=O) groups is 1. The first-order valence-corrected chi connectivity index (χ1v) is 5.09. The Hall–Kier alpha value is -0.550. The van der Waals surface area contributed by atoms with Crippen LogP contribution in [0.3, 0.4) is 0 Å². The van der Waals surface area contributed by atoms with Crippen molar-refractivity contribution in [2.24, 2.45) is 0 Å². The third kappa shape index (κ3) is 2.27. The van der Waals surface area contributed by atoms with Crippen LogP contribution in [0, 0.1) is 0 Å². The zero-order valence-corrected chi connectivity index (χ0v) is 9.15. The molecule has 76 valence electrons. The third-order valence-corrected chi connectivity index (χ3v) is 2.39. The summed E-state index contributed by atoms with van der Waals surface area (Å²) in [6.07, 6.45) is -1.50. The molecule has 0 aliphatic rings. The van der Waals surface area contributed by atoms with Crippen LogP contribution < -0.4 is 0 Å². The first-order valence-electron chi connectivity index (χ1n) is 3.59. The largest absolute Gasteiger partial charge is 0.274 e. The lowest BCUT2D eigenvalue weighted by Gasteiger charge is -2.07. The fraction of sp³-hybridized carbons (Fsp3) is 0.250. The van der Waals surface area contributed by atoms with Crippen molar-refractivity contribution in [3.63, 3.8) is 0 Å². The van der Waals surface area contributed by atoms with Gasteiger partial charge in [-0.3, -0.25) is 9.78 Å². The molecule has 0 saturated carbocycles. The highest BCUT2D eigenvalue weighted by Crippen LogP contribution is 2.26. The van der Waals surface area contributed by atoms with Crippen LogP contribution in [0.25, 0.3) is 0 Å². The van der Waals surface area contributed by atoms with E-state index >= 15 is 0 Å². The number of pyridine rings is 1. The highest BCUT2D eigenvalue weighted by Gasteiger charge is 2.18. The summed E-state index contributed by atoms with van der Waals surface area (Å²) in [6, 6.07) is 1.17. The van der Waals surface area contributed by atoms with Crippen LogP contribution in [0.15, 0.2) is 12.3 Å². The maximum absolute atomic E-state index is 12.5. The molecule has 2 nitrogen and oxygen atoms in total. The second kappa shape index (κ2) is 4.79. The fourth-order valence-electron chi connectivity index (χ4n) is 1.02. The lowest BCUT2D eigenvalue weighted by atomic mass is 10.1. The Bertz CT molecular complexity index is 359. The highest BCUT2D eigenvalue weighted by atomic mass is 79.9. The highest BCUT2D eigenvalue weighted by molar-refractivity contribution is 9.08. The van der Waals surface area contributed by atoms with E-state index in [0.29, 0.717) is 0 Å². The van der Waals surface area contributed by atoms with Crippen LogP contribution in [0.5, 0.6) is 0 Å². The van der Waals surface area contributed by atoms with E-state index in [1.54, 1.807) is 0 Å². The third-order valence-electron chi connectivity index (χ3n) is 1.65. The van der Waals surface area contributed by atoms with Gasteiger partial charge in [0.15, 0.2) is 0 Å². The smallest absolute Gasteiger partial charge is 0.271 e. The minimum atomic E-state index is -2.64. The summed E-state index contributed by atoms with van der Waals surface area (Å²) in [5.41, 5.74) is -0.204. The van der Waals surface area contributed by atoms with Gasteiger partial charge in [0.2, 0.25) is 0 Å². The van der Waals surface area contributed by atoms with Crippen LogP contribution in [0.1, 0.15) is 28.0 Å². The molecule has 0 N–H and O–H groups in total. The normalized spacial score (nSPS) is 10.6. The standard InChI is InChI=1S/C8H5BrClF2NO/c9-3-5-4(8(11)12)1-2-13-6(5)7(10)14/h1-2,8H,3H2. The fourth-order valence-corrected chi connectivity index (χ4v) is 1.77. The van der Waals surface area contributed by atoms with E-state index in [0.717, 1.165) is 6.20 Å². The zero-order chi connectivity index (χ0) is 10.7. The van der Waals surface area contributed by atoms with E-state index in [9.17, 15) is 13.6 Å². The van der Waals surface area contributed by atoms with Gasteiger partial charge >= 0.3 is 0 Å². The SMILES string of the molecule is O=C(Cl)c1nccc(C(F)F)c1CBr. The molecule has 6 heteroatoms. The average molecular weight is 284 g/mol. The number of rotatable bonds is 3. The zero-order valence-electron chi connectivity index (χ0n) is 6.81. The molecule has 0 saturated heterocycles. The summed E-state index contributed by atoms with van der Waals surface area (Å²) in [4.78, 5) is 14.5. The number of hydrogen-bond donors (Lipinski definition) is 0. The van der Waals surface area contributed by atoms with Crippen molar-refractivity contribution in [2.75, 3.05) is 0 Å². The molecule has 0 amide bonds. The second-order valence-electron chi connectivity index (χ2n) is 2.44. The molecule has 0 radical (unpaired) electrons. The molecule has 14 heavy (non-hydrogen) atoms. The molecule has 1 heterocycles. The molecular formula is C8H5BrClF2NO. The molecule has 0 aliphatic carbocycles. The lowest BCUT2D eigenvalue weighted by molar-refractivity contribution is 0.107. The van der Waals surface area contributed by atoms with Gasteiger partial charge in [0.1, 0.15) is 5.69 Å². The number of halogens is 4. The monoisotopic (exact) mass is 283 g/mol. The van der Waals surface area contributed by atoms with Gasteiger partial charge in [0.25, 0.3) is 11.7 Å². The molecule has 0 bridgehead atoms. The molecule has 0 fully saturated rings. The van der Waals surface area contributed by atoms with Gasteiger partial charge in [-0.25, -0.2) is 8.78 Å². The Kier molecular flexibility index (Phi) is 3.95. The maximum Gasteiger partial charge on any atom is 0.271 e. The van der Waals surface area contributed by atoms with Crippen LogP contribution in [0.4, 0.5) is 8.78 Å². The Labute approximate surface area is 92.4 Å². The first-order chi connectivity index (χ1) is 6.57. The van der Waals surface area contributed by atoms with Crippen LogP contribution >= 0.6 is 27.5 Å². The quantitative estimate of drug-likeness (QED) is 0.630. The Balaban J connectivity index is 3.32. The van der Waals surface area contributed by atoms with Gasteiger partial charge in [0, 0.05) is 22.7 Å². The molecule has 1 aromatic rings. The number of carbonyl (C=O) groups excluding carboxylic acids is 1. The first kappa shape index (κ1) is 11.5. The Morgan fingerprint density at radius 1 is 1.64 bits per heavy atom. The van der Waals surface area contributed by atoms with Crippen molar-refractivity contribution < 1.29 is 13.6 Å². The minimum Gasteiger partial charge on any atom is -0.274 e. The molecule has 0 spiro atoms. The summed E-state index contributed by atoms with van der Waals surface area (Å²) in [7, 11) is 0. The van der Waals surface area contributed by atoms with Crippen molar-refractivity contribution >= 4 is 32.8 Å². The van der Waals surface area contributed by atoms with Gasteiger partial charge in [-0.05, 0) is 17.7 Å². The van der Waals surface area contributed by atoms with Crippen molar-refractivity contribution in [3.8, 4) is 0 Å². The predicted molar refractivity (Wildman–Crippen MR) is 52.0 cm³/mol. The summed E-state index contributed by atoms with van der Waals surface area (Å²) in [5.74, 6) is 0.